The van der Waals surface area contributed by atoms with E-state index in [1.54, 1.807) is 12.1 Å². The molecule has 1 aromatic carbocycles. The molecule has 0 aliphatic carbocycles. The largest absolute Gasteiger partial charge is 0.333 e. The van der Waals surface area contributed by atoms with Crippen LogP contribution in [0.5, 0.6) is 0 Å². The Kier molecular flexibility index (Phi) is 9.24. The van der Waals surface area contributed by atoms with Crippen molar-refractivity contribution in [3.63, 3.8) is 0 Å². The summed E-state index contributed by atoms with van der Waals surface area (Å²) in [4.78, 5) is 14.1. The van der Waals surface area contributed by atoms with E-state index in [9.17, 15) is 4.79 Å². The van der Waals surface area contributed by atoms with E-state index < -0.39 is 0 Å². The molecule has 1 saturated heterocycles. The van der Waals surface area contributed by atoms with Gasteiger partial charge in [-0.25, -0.2) is 9.80 Å². The van der Waals surface area contributed by atoms with E-state index in [0.717, 1.165) is 30.7 Å². The van der Waals surface area contributed by atoms with Gasteiger partial charge in [0, 0.05) is 30.7 Å². The van der Waals surface area contributed by atoms with E-state index in [2.05, 4.69) is 69.0 Å². The number of benzene rings is 1. The van der Waals surface area contributed by atoms with Crippen molar-refractivity contribution in [2.45, 2.75) is 0 Å². The molecule has 0 unspecified atom stereocenters. The molecule has 1 heterocycles. The van der Waals surface area contributed by atoms with Crippen molar-refractivity contribution >= 4 is 39.2 Å². The van der Waals surface area contributed by atoms with E-state index >= 15 is 0 Å². The van der Waals surface area contributed by atoms with E-state index in [-0.39, 0.29) is 6.03 Å². The van der Waals surface area contributed by atoms with Gasteiger partial charge in [-0.2, -0.15) is 0 Å². The van der Waals surface area contributed by atoms with Crippen LogP contribution in [0.1, 0.15) is 0 Å². The Labute approximate surface area is 156 Å². The minimum Gasteiger partial charge on any atom is -0.305 e. The van der Waals surface area contributed by atoms with E-state index in [0.29, 0.717) is 10.7 Å². The second-order valence-electron chi connectivity index (χ2n) is 4.96. The van der Waals surface area contributed by atoms with Gasteiger partial charge in [0.2, 0.25) is 0 Å². The Hall–Kier alpha value is -1.74. The zero-order valence-corrected chi connectivity index (χ0v) is 15.9. The van der Waals surface area contributed by atoms with Gasteiger partial charge >= 0.3 is 6.03 Å². The Balaban J connectivity index is 0.000000505. The van der Waals surface area contributed by atoms with E-state index in [1.807, 2.05) is 11.1 Å². The van der Waals surface area contributed by atoms with Gasteiger partial charge in [-0.05, 0) is 44.1 Å². The predicted octanol–water partition coefficient (Wildman–Crippen LogP) is 3.65. The van der Waals surface area contributed by atoms with Gasteiger partial charge in [-0.3, -0.25) is 5.43 Å². The van der Waals surface area contributed by atoms with Gasteiger partial charge in [0.1, 0.15) is 0 Å². The van der Waals surface area contributed by atoms with Crippen LogP contribution in [0, 0.1) is 0 Å². The van der Waals surface area contributed by atoms with Crippen molar-refractivity contribution in [1.29, 1.82) is 0 Å². The van der Waals surface area contributed by atoms with Crippen molar-refractivity contribution in [3.05, 3.63) is 58.0 Å². The molecular weight excluding hydrogens is 392 g/mol. The third-order valence-corrected chi connectivity index (χ3v) is 3.93. The number of carbonyl (C=O) groups excluding carboxylic acids is 1. The van der Waals surface area contributed by atoms with Crippen LogP contribution in [0.3, 0.4) is 0 Å². The van der Waals surface area contributed by atoms with Crippen molar-refractivity contribution in [3.8, 4) is 0 Å². The number of anilines is 1. The molecule has 0 radical (unpaired) electrons. The maximum Gasteiger partial charge on any atom is 0.333 e. The SMILES string of the molecule is C=C=C=C=C.CN1CCN(NC(=O)Nc2ccc(Br)cc2Cl)CC1. The molecule has 2 rings (SSSR count). The van der Waals surface area contributed by atoms with Crippen LogP contribution in [0.15, 0.2) is 53.0 Å². The lowest BCUT2D eigenvalue weighted by Gasteiger charge is -2.32. The summed E-state index contributed by atoms with van der Waals surface area (Å²) < 4.78 is 0.877. The maximum absolute atomic E-state index is 11.9. The topological polar surface area (TPSA) is 47.6 Å². The summed E-state index contributed by atoms with van der Waals surface area (Å²) in [6.07, 6.45) is 0. The molecule has 0 aromatic heterocycles. The number of amides is 2. The first-order chi connectivity index (χ1) is 11.5. The molecule has 0 atom stereocenters. The van der Waals surface area contributed by atoms with Crippen molar-refractivity contribution < 1.29 is 4.79 Å². The lowest BCUT2D eigenvalue weighted by Crippen LogP contribution is -2.53. The molecule has 0 bridgehead atoms. The maximum atomic E-state index is 11.9. The summed E-state index contributed by atoms with van der Waals surface area (Å²) in [6, 6.07) is 5.06. The fraction of sp³-hybridized carbons (Fsp3) is 0.294. The summed E-state index contributed by atoms with van der Waals surface area (Å²) in [5.41, 5.74) is 10.5. The van der Waals surface area contributed by atoms with Gasteiger partial charge in [0.15, 0.2) is 0 Å². The summed E-state index contributed by atoms with van der Waals surface area (Å²) in [5.74, 6) is 0. The van der Waals surface area contributed by atoms with Crippen LogP contribution in [-0.2, 0) is 0 Å². The smallest absolute Gasteiger partial charge is 0.305 e. The molecule has 1 aromatic rings. The monoisotopic (exact) mass is 410 g/mol. The second-order valence-corrected chi connectivity index (χ2v) is 6.28. The highest BCUT2D eigenvalue weighted by Crippen LogP contribution is 2.25. The van der Waals surface area contributed by atoms with Gasteiger partial charge < -0.3 is 10.2 Å². The van der Waals surface area contributed by atoms with Crippen LogP contribution >= 0.6 is 27.5 Å². The number of urea groups is 1. The molecule has 0 spiro atoms. The first kappa shape index (κ1) is 20.3. The first-order valence-electron chi connectivity index (χ1n) is 7.21. The normalized spacial score (nSPS) is 14.3. The Morgan fingerprint density at radius 2 is 1.88 bits per heavy atom. The number of rotatable bonds is 2. The van der Waals surface area contributed by atoms with Gasteiger partial charge in [-0.15, -0.1) is 0 Å². The lowest BCUT2D eigenvalue weighted by molar-refractivity contribution is 0.116. The Bertz CT molecular complexity index is 657. The molecule has 5 nitrogen and oxygen atoms in total. The number of likely N-dealkylation sites (N-methyl/N-ethyl adjacent to an activating group) is 1. The number of hydrazine groups is 1. The van der Waals surface area contributed by atoms with Crippen LogP contribution in [0.2, 0.25) is 5.02 Å². The predicted molar refractivity (Wildman–Crippen MR) is 102 cm³/mol. The molecule has 128 valence electrons. The van der Waals surface area contributed by atoms with Crippen LogP contribution in [0.4, 0.5) is 10.5 Å². The van der Waals surface area contributed by atoms with E-state index in [4.69, 9.17) is 11.6 Å². The fourth-order valence-electron chi connectivity index (χ4n) is 1.87. The van der Waals surface area contributed by atoms with Crippen LogP contribution < -0.4 is 10.7 Å². The fourth-order valence-corrected chi connectivity index (χ4v) is 2.59. The Morgan fingerprint density at radius 1 is 1.25 bits per heavy atom. The molecule has 2 N–H and O–H groups in total. The average Bonchev–Trinajstić information content (AvgIpc) is 2.54. The molecule has 1 aliphatic heterocycles. The van der Waals surface area contributed by atoms with Crippen LogP contribution in [0.25, 0.3) is 0 Å². The van der Waals surface area contributed by atoms with Gasteiger partial charge in [-0.1, -0.05) is 39.0 Å². The number of piperazine rings is 1. The first-order valence-corrected chi connectivity index (χ1v) is 8.38. The molecule has 7 heteroatoms. The molecule has 1 aliphatic rings. The summed E-state index contributed by atoms with van der Waals surface area (Å²) in [6.45, 7) is 9.95. The Morgan fingerprint density at radius 3 is 2.38 bits per heavy atom. The second kappa shape index (κ2) is 10.9. The highest BCUT2D eigenvalue weighted by Gasteiger charge is 2.16. The molecular formula is C17H20BrClN4O. The summed E-state index contributed by atoms with van der Waals surface area (Å²) >= 11 is 9.36. The number of hydrogen-bond donors (Lipinski definition) is 2. The molecule has 2 amide bonds. The van der Waals surface area contributed by atoms with Crippen molar-refractivity contribution in [2.24, 2.45) is 0 Å². The van der Waals surface area contributed by atoms with Gasteiger partial charge in [0.25, 0.3) is 0 Å². The van der Waals surface area contributed by atoms with Crippen molar-refractivity contribution in [1.82, 2.24) is 15.3 Å². The zero-order valence-electron chi connectivity index (χ0n) is 13.5. The average molecular weight is 412 g/mol. The number of hydrogen-bond acceptors (Lipinski definition) is 3. The summed E-state index contributed by atoms with van der Waals surface area (Å²) in [7, 11) is 2.07. The highest BCUT2D eigenvalue weighted by atomic mass is 79.9. The number of carbonyl (C=O) groups is 1. The number of halogens is 2. The highest BCUT2D eigenvalue weighted by molar-refractivity contribution is 9.10. The third kappa shape index (κ3) is 7.69. The van der Waals surface area contributed by atoms with Crippen LogP contribution in [-0.4, -0.2) is 49.2 Å². The standard InChI is InChI=1S/C12H16BrClN4O.C5H4/c1-17-4-6-18(7-5-17)16-12(19)15-11-3-2-9(13)8-10(11)14;1-3-5-4-2/h2-3,8H,4-7H2,1H3,(H2,15,16,19);1-2H2. The minimum absolute atomic E-state index is 0.270. The molecule has 24 heavy (non-hydrogen) atoms. The lowest BCUT2D eigenvalue weighted by atomic mass is 10.3. The van der Waals surface area contributed by atoms with E-state index in [1.165, 1.54) is 0 Å². The number of nitrogens with one attached hydrogen (secondary N) is 2. The molecule has 1 fully saturated rings. The third-order valence-electron chi connectivity index (χ3n) is 3.12. The van der Waals surface area contributed by atoms with Crippen molar-refractivity contribution in [2.75, 3.05) is 38.5 Å². The summed E-state index contributed by atoms with van der Waals surface area (Å²) in [5, 5.41) is 5.15. The minimum atomic E-state index is -0.270. The zero-order chi connectivity index (χ0) is 17.9. The van der Waals surface area contributed by atoms with Gasteiger partial charge in [0.05, 0.1) is 10.7 Å². The quantitative estimate of drug-likeness (QED) is 0.730. The molecule has 0 saturated carbocycles. The number of nitrogens with zero attached hydrogens (tertiary/aromatic N) is 2.